The summed E-state index contributed by atoms with van der Waals surface area (Å²) in [6.45, 7) is 0.0403. The van der Waals surface area contributed by atoms with Gasteiger partial charge in [0.2, 0.25) is 5.82 Å². The van der Waals surface area contributed by atoms with Crippen LogP contribution >= 0.6 is 0 Å². The lowest BCUT2D eigenvalue weighted by atomic mass is 10.2. The number of aromatic nitrogens is 4. The molecular weight excluding hydrogens is 328 g/mol. The van der Waals surface area contributed by atoms with E-state index in [1.54, 1.807) is 24.3 Å². The van der Waals surface area contributed by atoms with Crippen LogP contribution in [-0.2, 0) is 4.79 Å². The van der Waals surface area contributed by atoms with Gasteiger partial charge < -0.3 is 21.1 Å². The molecule has 25 heavy (non-hydrogen) atoms. The third-order valence-corrected chi connectivity index (χ3v) is 2.86. The summed E-state index contributed by atoms with van der Waals surface area (Å²) in [6, 6.07) is 8.12. The number of nitriles is 1. The zero-order chi connectivity index (χ0) is 18.1. The van der Waals surface area contributed by atoms with E-state index < -0.39 is 12.0 Å². The maximum absolute atomic E-state index is 11.6. The molecular formula is C14H14N8O3. The van der Waals surface area contributed by atoms with Gasteiger partial charge in [-0.2, -0.15) is 10.5 Å². The average Bonchev–Trinajstić information content (AvgIpc) is 3.11. The third-order valence-electron chi connectivity index (χ3n) is 2.86. The molecule has 11 nitrogen and oxygen atoms in total. The first-order valence-electron chi connectivity index (χ1n) is 7.06. The van der Waals surface area contributed by atoms with Gasteiger partial charge in [-0.25, -0.2) is 4.79 Å². The lowest BCUT2D eigenvalue weighted by molar-refractivity contribution is -0.136. The summed E-state index contributed by atoms with van der Waals surface area (Å²) in [6.07, 6.45) is 1.29. The third kappa shape index (κ3) is 5.64. The molecule has 0 radical (unpaired) electrons. The zero-order valence-corrected chi connectivity index (χ0v) is 12.9. The largest absolute Gasteiger partial charge is 0.481 e. The summed E-state index contributed by atoms with van der Waals surface area (Å²) in [7, 11) is 0. The van der Waals surface area contributed by atoms with Crippen LogP contribution in [0.25, 0.3) is 5.57 Å². The fourth-order valence-electron chi connectivity index (χ4n) is 1.69. The van der Waals surface area contributed by atoms with E-state index in [0.29, 0.717) is 11.4 Å². The van der Waals surface area contributed by atoms with Gasteiger partial charge in [-0.15, -0.1) is 10.2 Å². The monoisotopic (exact) mass is 342 g/mol. The van der Waals surface area contributed by atoms with Crippen molar-refractivity contribution >= 4 is 28.9 Å². The molecule has 0 aliphatic heterocycles. The number of aliphatic carboxylic acids is 1. The highest BCUT2D eigenvalue weighted by molar-refractivity contribution is 5.89. The van der Waals surface area contributed by atoms with E-state index in [1.807, 2.05) is 6.07 Å². The van der Waals surface area contributed by atoms with Crippen LogP contribution in [-0.4, -0.2) is 44.3 Å². The molecule has 2 amide bonds. The van der Waals surface area contributed by atoms with Crippen molar-refractivity contribution in [2.75, 3.05) is 17.2 Å². The number of carbonyl (C=O) groups is 2. The van der Waals surface area contributed by atoms with Crippen molar-refractivity contribution in [2.45, 2.75) is 6.42 Å². The molecule has 0 atom stereocenters. The van der Waals surface area contributed by atoms with Gasteiger partial charge in [0.25, 0.3) is 0 Å². The van der Waals surface area contributed by atoms with Crippen molar-refractivity contribution < 1.29 is 14.7 Å². The molecule has 2 aromatic rings. The van der Waals surface area contributed by atoms with Crippen LogP contribution < -0.4 is 16.0 Å². The Morgan fingerprint density at radius 1 is 1.28 bits per heavy atom. The van der Waals surface area contributed by atoms with Gasteiger partial charge >= 0.3 is 12.0 Å². The van der Waals surface area contributed by atoms with Crippen molar-refractivity contribution in [3.8, 4) is 6.07 Å². The minimum absolute atomic E-state index is 0.0403. The Hall–Kier alpha value is -3.94. The second-order valence-electron chi connectivity index (χ2n) is 4.65. The standard InChI is InChI=1S/C14H14N8O3/c15-7-9(13-19-21-22-20-13)8-17-10-1-3-11(4-2-10)18-14(25)16-6-5-12(23)24/h1-4,8,17H,5-6H2,(H,23,24)(H2,16,18,25)(H,19,20,21,22). The number of carboxylic acid groups (broad SMARTS) is 1. The first-order chi connectivity index (χ1) is 12.1. The van der Waals surface area contributed by atoms with Crippen molar-refractivity contribution in [3.05, 3.63) is 36.3 Å². The van der Waals surface area contributed by atoms with Crippen LogP contribution in [0.4, 0.5) is 16.2 Å². The minimum Gasteiger partial charge on any atom is -0.481 e. The number of hydrogen-bond acceptors (Lipinski definition) is 7. The number of carbonyl (C=O) groups excluding carboxylic acids is 1. The van der Waals surface area contributed by atoms with Gasteiger partial charge in [0.1, 0.15) is 11.6 Å². The Morgan fingerprint density at radius 3 is 2.60 bits per heavy atom. The van der Waals surface area contributed by atoms with E-state index in [-0.39, 0.29) is 24.4 Å². The summed E-state index contributed by atoms with van der Waals surface area (Å²) in [5.74, 6) is -0.812. The van der Waals surface area contributed by atoms with Gasteiger partial charge in [0, 0.05) is 24.1 Å². The summed E-state index contributed by atoms with van der Waals surface area (Å²) < 4.78 is 0. The van der Waals surface area contributed by atoms with Gasteiger partial charge in [0.15, 0.2) is 0 Å². The Bertz CT molecular complexity index is 792. The fourth-order valence-corrected chi connectivity index (χ4v) is 1.69. The molecule has 0 aliphatic rings. The molecule has 0 bridgehead atoms. The first-order valence-corrected chi connectivity index (χ1v) is 7.06. The molecule has 128 valence electrons. The second-order valence-corrected chi connectivity index (χ2v) is 4.65. The van der Waals surface area contributed by atoms with E-state index in [4.69, 9.17) is 10.4 Å². The number of rotatable bonds is 7. The smallest absolute Gasteiger partial charge is 0.319 e. The van der Waals surface area contributed by atoms with Crippen LogP contribution in [0.5, 0.6) is 0 Å². The van der Waals surface area contributed by atoms with Gasteiger partial charge in [-0.1, -0.05) is 0 Å². The summed E-state index contributed by atoms with van der Waals surface area (Å²) in [5.41, 5.74) is 1.41. The zero-order valence-electron chi connectivity index (χ0n) is 12.9. The molecule has 1 aromatic carbocycles. The van der Waals surface area contributed by atoms with E-state index in [9.17, 15) is 9.59 Å². The molecule has 0 unspecified atom stereocenters. The molecule has 0 saturated heterocycles. The molecule has 0 spiro atoms. The maximum atomic E-state index is 11.6. The molecule has 1 heterocycles. The number of anilines is 2. The fraction of sp³-hybridized carbons (Fsp3) is 0.143. The van der Waals surface area contributed by atoms with Crippen molar-refractivity contribution in [3.63, 3.8) is 0 Å². The average molecular weight is 342 g/mol. The highest BCUT2D eigenvalue weighted by Crippen LogP contribution is 2.15. The molecule has 2 rings (SSSR count). The predicted octanol–water partition coefficient (Wildman–Crippen LogP) is 0.772. The lowest BCUT2D eigenvalue weighted by Crippen LogP contribution is -2.30. The van der Waals surface area contributed by atoms with E-state index in [2.05, 4.69) is 36.6 Å². The Labute approximate surface area is 141 Å². The van der Waals surface area contributed by atoms with Gasteiger partial charge in [-0.05, 0) is 29.5 Å². The van der Waals surface area contributed by atoms with Crippen molar-refractivity contribution in [1.82, 2.24) is 25.9 Å². The number of nitrogens with zero attached hydrogens (tertiary/aromatic N) is 4. The van der Waals surface area contributed by atoms with E-state index in [1.165, 1.54) is 6.20 Å². The van der Waals surface area contributed by atoms with E-state index >= 15 is 0 Å². The molecule has 0 fully saturated rings. The number of aromatic amines is 1. The molecule has 11 heteroatoms. The van der Waals surface area contributed by atoms with Crippen LogP contribution in [0.15, 0.2) is 30.5 Å². The summed E-state index contributed by atoms with van der Waals surface area (Å²) in [5, 5.41) is 38.5. The summed E-state index contributed by atoms with van der Waals surface area (Å²) in [4.78, 5) is 21.9. The van der Waals surface area contributed by atoms with Crippen LogP contribution in [0, 0.1) is 11.3 Å². The second kappa shape index (κ2) is 8.63. The molecule has 5 N–H and O–H groups in total. The predicted molar refractivity (Wildman–Crippen MR) is 87.1 cm³/mol. The van der Waals surface area contributed by atoms with Crippen LogP contribution in [0.3, 0.4) is 0 Å². The maximum Gasteiger partial charge on any atom is 0.319 e. The van der Waals surface area contributed by atoms with Gasteiger partial charge in [-0.3, -0.25) is 4.79 Å². The first kappa shape index (κ1) is 17.4. The number of benzene rings is 1. The number of amides is 2. The molecule has 0 saturated carbocycles. The molecule has 1 aromatic heterocycles. The number of hydrogen-bond donors (Lipinski definition) is 5. The van der Waals surface area contributed by atoms with Crippen LogP contribution in [0.1, 0.15) is 12.2 Å². The number of H-pyrrole nitrogens is 1. The minimum atomic E-state index is -0.985. The summed E-state index contributed by atoms with van der Waals surface area (Å²) >= 11 is 0. The number of carboxylic acids is 1. The highest BCUT2D eigenvalue weighted by Gasteiger charge is 2.06. The Kier molecular flexibility index (Phi) is 6.01. The highest BCUT2D eigenvalue weighted by atomic mass is 16.4. The number of allylic oxidation sites excluding steroid dienone is 1. The quantitative estimate of drug-likeness (QED) is 0.459. The Morgan fingerprint density at radius 2 is 2.00 bits per heavy atom. The van der Waals surface area contributed by atoms with Crippen molar-refractivity contribution in [1.29, 1.82) is 5.26 Å². The topological polar surface area (TPSA) is 169 Å². The lowest BCUT2D eigenvalue weighted by Gasteiger charge is -2.07. The van der Waals surface area contributed by atoms with Crippen molar-refractivity contribution in [2.24, 2.45) is 0 Å². The van der Waals surface area contributed by atoms with Crippen LogP contribution in [0.2, 0.25) is 0 Å². The molecule has 0 aliphatic carbocycles. The van der Waals surface area contributed by atoms with Gasteiger partial charge in [0.05, 0.1) is 6.42 Å². The number of urea groups is 1. The number of nitrogens with one attached hydrogen (secondary N) is 4. The Balaban J connectivity index is 1.88. The number of tetrazole rings is 1. The SMILES string of the molecule is N#CC(=CNc1ccc(NC(=O)NCCC(=O)O)cc1)c1nn[nH]n1. The normalized spacial score (nSPS) is 10.6. The van der Waals surface area contributed by atoms with E-state index in [0.717, 1.165) is 0 Å².